The summed E-state index contributed by atoms with van der Waals surface area (Å²) in [6.45, 7) is 3.84. The van der Waals surface area contributed by atoms with Gasteiger partial charge >= 0.3 is 0 Å². The number of aryl methyl sites for hydroxylation is 2. The van der Waals surface area contributed by atoms with E-state index in [4.69, 9.17) is 16.3 Å². The summed E-state index contributed by atoms with van der Waals surface area (Å²) in [6, 6.07) is 10.7. The van der Waals surface area contributed by atoms with Crippen LogP contribution in [0.2, 0.25) is 0 Å². The van der Waals surface area contributed by atoms with Crippen molar-refractivity contribution in [3.8, 4) is 5.75 Å². The number of hydrogen-bond donors (Lipinski definition) is 0. The van der Waals surface area contributed by atoms with Crippen LogP contribution in [0.4, 0.5) is 4.39 Å². The van der Waals surface area contributed by atoms with Gasteiger partial charge in [0.2, 0.25) is 0 Å². The van der Waals surface area contributed by atoms with Gasteiger partial charge in [-0.3, -0.25) is 0 Å². The Hall–Kier alpha value is -1.54. The largest absolute Gasteiger partial charge is 0.496 e. The summed E-state index contributed by atoms with van der Waals surface area (Å²) in [5, 5.41) is -0.427. The molecule has 0 aliphatic heterocycles. The maximum absolute atomic E-state index is 13.5. The van der Waals surface area contributed by atoms with E-state index in [1.54, 1.807) is 7.11 Å². The van der Waals surface area contributed by atoms with E-state index in [1.807, 2.05) is 38.1 Å². The van der Waals surface area contributed by atoms with Gasteiger partial charge in [0.05, 0.1) is 12.5 Å². The normalized spacial score (nSPS) is 12.3. The molecule has 0 bridgehead atoms. The zero-order valence-electron chi connectivity index (χ0n) is 11.2. The standard InChI is InChI=1S/C16H16ClFO/c1-10-4-5-15(19-3)14(8-10)16(17)12-6-11(2)7-13(18)9-12/h4-9,16H,1-3H3. The highest BCUT2D eigenvalue weighted by molar-refractivity contribution is 6.22. The van der Waals surface area contributed by atoms with Crippen LogP contribution in [0.25, 0.3) is 0 Å². The zero-order chi connectivity index (χ0) is 14.0. The first-order valence-corrected chi connectivity index (χ1v) is 6.50. The fourth-order valence-corrected chi connectivity index (χ4v) is 2.44. The molecule has 100 valence electrons. The molecule has 19 heavy (non-hydrogen) atoms. The first kappa shape index (κ1) is 13.9. The number of methoxy groups -OCH3 is 1. The SMILES string of the molecule is COc1ccc(C)cc1C(Cl)c1cc(C)cc(F)c1. The molecule has 0 heterocycles. The highest BCUT2D eigenvalue weighted by atomic mass is 35.5. The molecule has 0 fully saturated rings. The Morgan fingerprint density at radius 3 is 2.42 bits per heavy atom. The van der Waals surface area contributed by atoms with Gasteiger partial charge in [-0.2, -0.15) is 0 Å². The van der Waals surface area contributed by atoms with Crippen molar-refractivity contribution in [3.05, 3.63) is 64.5 Å². The number of hydrogen-bond acceptors (Lipinski definition) is 1. The van der Waals surface area contributed by atoms with Crippen molar-refractivity contribution >= 4 is 11.6 Å². The average molecular weight is 279 g/mol. The monoisotopic (exact) mass is 278 g/mol. The Kier molecular flexibility index (Phi) is 4.11. The number of rotatable bonds is 3. The minimum Gasteiger partial charge on any atom is -0.496 e. The molecule has 2 aromatic rings. The summed E-state index contributed by atoms with van der Waals surface area (Å²) in [7, 11) is 1.61. The summed E-state index contributed by atoms with van der Waals surface area (Å²) in [6.07, 6.45) is 0. The fraction of sp³-hybridized carbons (Fsp3) is 0.250. The van der Waals surface area contributed by atoms with Gasteiger partial charge in [0.1, 0.15) is 11.6 Å². The second-order valence-electron chi connectivity index (χ2n) is 4.67. The van der Waals surface area contributed by atoms with Crippen LogP contribution in [0, 0.1) is 19.7 Å². The van der Waals surface area contributed by atoms with Crippen LogP contribution >= 0.6 is 11.6 Å². The first-order valence-electron chi connectivity index (χ1n) is 6.07. The van der Waals surface area contributed by atoms with Crippen LogP contribution in [0.3, 0.4) is 0 Å². The molecule has 0 saturated heterocycles. The lowest BCUT2D eigenvalue weighted by molar-refractivity contribution is 0.410. The van der Waals surface area contributed by atoms with E-state index in [1.165, 1.54) is 12.1 Å². The van der Waals surface area contributed by atoms with Crippen molar-refractivity contribution in [2.24, 2.45) is 0 Å². The van der Waals surface area contributed by atoms with E-state index < -0.39 is 5.38 Å². The molecule has 0 radical (unpaired) electrons. The van der Waals surface area contributed by atoms with Gasteiger partial charge < -0.3 is 4.74 Å². The Morgan fingerprint density at radius 1 is 1.05 bits per heavy atom. The van der Waals surface area contributed by atoms with Gasteiger partial charge in [0.15, 0.2) is 0 Å². The van der Waals surface area contributed by atoms with Crippen LogP contribution in [0.15, 0.2) is 36.4 Å². The highest BCUT2D eigenvalue weighted by Crippen LogP contribution is 2.36. The Labute approximate surface area is 118 Å². The predicted molar refractivity (Wildman–Crippen MR) is 76.6 cm³/mol. The summed E-state index contributed by atoms with van der Waals surface area (Å²) in [5.74, 6) is 0.444. The molecular formula is C16H16ClFO. The average Bonchev–Trinajstić information content (AvgIpc) is 2.36. The maximum Gasteiger partial charge on any atom is 0.123 e. The van der Waals surface area contributed by atoms with Gasteiger partial charge in [-0.25, -0.2) is 4.39 Å². The van der Waals surface area contributed by atoms with Crippen LogP contribution in [-0.4, -0.2) is 7.11 Å². The van der Waals surface area contributed by atoms with E-state index in [2.05, 4.69) is 0 Å². The second-order valence-corrected chi connectivity index (χ2v) is 5.11. The highest BCUT2D eigenvalue weighted by Gasteiger charge is 2.17. The van der Waals surface area contributed by atoms with Gasteiger partial charge in [-0.1, -0.05) is 23.8 Å². The molecule has 0 N–H and O–H groups in total. The lowest BCUT2D eigenvalue weighted by Gasteiger charge is -2.16. The van der Waals surface area contributed by atoms with Gasteiger partial charge in [-0.15, -0.1) is 11.6 Å². The second kappa shape index (κ2) is 5.62. The minimum atomic E-state index is -0.427. The third-order valence-electron chi connectivity index (χ3n) is 3.02. The number of benzene rings is 2. The van der Waals surface area contributed by atoms with Crippen molar-refractivity contribution in [1.82, 2.24) is 0 Å². The first-order chi connectivity index (χ1) is 9.01. The van der Waals surface area contributed by atoms with Gasteiger partial charge in [-0.05, 0) is 43.2 Å². The van der Waals surface area contributed by atoms with Crippen molar-refractivity contribution in [1.29, 1.82) is 0 Å². The molecule has 3 heteroatoms. The topological polar surface area (TPSA) is 9.23 Å². The minimum absolute atomic E-state index is 0.271. The third kappa shape index (κ3) is 3.07. The molecule has 0 aliphatic carbocycles. The lowest BCUT2D eigenvalue weighted by Crippen LogP contribution is -1.99. The van der Waals surface area contributed by atoms with E-state index >= 15 is 0 Å². The molecule has 0 saturated carbocycles. The zero-order valence-corrected chi connectivity index (χ0v) is 12.0. The van der Waals surface area contributed by atoms with Crippen molar-refractivity contribution < 1.29 is 9.13 Å². The predicted octanol–water partition coefficient (Wildman–Crippen LogP) is 4.78. The fourth-order valence-electron chi connectivity index (χ4n) is 2.14. The third-order valence-corrected chi connectivity index (χ3v) is 3.50. The lowest BCUT2D eigenvalue weighted by atomic mass is 10.00. The molecule has 1 unspecified atom stereocenters. The number of ether oxygens (including phenoxy) is 1. The van der Waals surface area contributed by atoms with Gasteiger partial charge in [0.25, 0.3) is 0 Å². The van der Waals surface area contributed by atoms with E-state index in [0.29, 0.717) is 5.75 Å². The van der Waals surface area contributed by atoms with E-state index in [9.17, 15) is 4.39 Å². The summed E-state index contributed by atoms with van der Waals surface area (Å²) >= 11 is 6.48. The van der Waals surface area contributed by atoms with Crippen molar-refractivity contribution in [3.63, 3.8) is 0 Å². The molecule has 2 rings (SSSR count). The molecule has 1 nitrogen and oxygen atoms in total. The molecular weight excluding hydrogens is 263 g/mol. The molecule has 0 aromatic heterocycles. The molecule has 2 aromatic carbocycles. The summed E-state index contributed by atoms with van der Waals surface area (Å²) < 4.78 is 18.8. The summed E-state index contributed by atoms with van der Waals surface area (Å²) in [5.41, 5.74) is 3.54. The Morgan fingerprint density at radius 2 is 1.79 bits per heavy atom. The molecule has 0 amide bonds. The van der Waals surface area contributed by atoms with E-state index in [0.717, 1.165) is 22.3 Å². The van der Waals surface area contributed by atoms with Crippen LogP contribution in [0.1, 0.15) is 27.6 Å². The number of alkyl halides is 1. The van der Waals surface area contributed by atoms with Crippen LogP contribution < -0.4 is 4.74 Å². The van der Waals surface area contributed by atoms with Gasteiger partial charge in [0, 0.05) is 5.56 Å². The van der Waals surface area contributed by atoms with E-state index in [-0.39, 0.29) is 5.82 Å². The van der Waals surface area contributed by atoms with Crippen LogP contribution in [0.5, 0.6) is 5.75 Å². The Balaban J connectivity index is 2.48. The van der Waals surface area contributed by atoms with Crippen LogP contribution in [-0.2, 0) is 0 Å². The smallest absolute Gasteiger partial charge is 0.123 e. The van der Waals surface area contributed by atoms with Crippen molar-refractivity contribution in [2.45, 2.75) is 19.2 Å². The maximum atomic E-state index is 13.5. The summed E-state index contributed by atoms with van der Waals surface area (Å²) in [4.78, 5) is 0. The molecule has 0 spiro atoms. The quantitative estimate of drug-likeness (QED) is 0.734. The number of halogens is 2. The van der Waals surface area contributed by atoms with Crippen molar-refractivity contribution in [2.75, 3.05) is 7.11 Å². The molecule has 0 aliphatic rings. The Bertz CT molecular complexity index is 575. The molecule has 1 atom stereocenters.